The van der Waals surface area contributed by atoms with Crippen LogP contribution in [0.15, 0.2) is 30.3 Å². The lowest BCUT2D eigenvalue weighted by Crippen LogP contribution is -2.60. The van der Waals surface area contributed by atoms with Crippen LogP contribution in [0.1, 0.15) is 22.0 Å². The summed E-state index contributed by atoms with van der Waals surface area (Å²) < 4.78 is 16.7. The highest BCUT2D eigenvalue weighted by Gasteiger charge is 2.49. The number of hydrogen-bond acceptors (Lipinski definition) is 12. The zero-order valence-corrected chi connectivity index (χ0v) is 16.8. The van der Waals surface area contributed by atoms with Gasteiger partial charge in [-0.25, -0.2) is 0 Å². The summed E-state index contributed by atoms with van der Waals surface area (Å²) in [5.74, 6) is -3.00. The topological polar surface area (TPSA) is 207 Å². The SMILES string of the molecule is O=C1c2c(O)cc(O)cc2O[C@H](c2ccc(O)c(O)c2)[C@@H]1O[C@@H]1O[C@H](CO)[C@@H](O)[C@H](O)[C@H]1O. The first-order valence-corrected chi connectivity index (χ1v) is 9.87. The van der Waals surface area contributed by atoms with Crippen LogP contribution < -0.4 is 4.74 Å². The molecule has 12 heteroatoms. The number of ketones is 1. The van der Waals surface area contributed by atoms with Crippen LogP contribution in [-0.2, 0) is 9.47 Å². The summed E-state index contributed by atoms with van der Waals surface area (Å²) >= 11 is 0. The summed E-state index contributed by atoms with van der Waals surface area (Å²) in [5, 5.41) is 79.2. The molecular weight excluding hydrogens is 444 g/mol. The van der Waals surface area contributed by atoms with E-state index in [0.717, 1.165) is 24.3 Å². The molecule has 12 nitrogen and oxygen atoms in total. The largest absolute Gasteiger partial charge is 0.508 e. The van der Waals surface area contributed by atoms with Gasteiger partial charge < -0.3 is 55.1 Å². The van der Waals surface area contributed by atoms with Crippen LogP contribution >= 0.6 is 0 Å². The number of phenolic OH excluding ortho intramolecular Hbond substituents is 4. The van der Waals surface area contributed by atoms with E-state index in [-0.39, 0.29) is 22.6 Å². The molecule has 0 amide bonds. The molecule has 0 unspecified atom stereocenters. The maximum absolute atomic E-state index is 13.3. The third kappa shape index (κ3) is 4.04. The number of aliphatic hydroxyl groups is 4. The van der Waals surface area contributed by atoms with Crippen molar-refractivity contribution in [1.82, 2.24) is 0 Å². The Bertz CT molecular complexity index is 1050. The number of carbonyl (C=O) groups excluding carboxylic acids is 1. The van der Waals surface area contributed by atoms with Gasteiger partial charge in [0.05, 0.1) is 6.61 Å². The molecule has 178 valence electrons. The van der Waals surface area contributed by atoms with Gasteiger partial charge >= 0.3 is 0 Å². The van der Waals surface area contributed by atoms with Crippen molar-refractivity contribution in [2.45, 2.75) is 42.9 Å². The molecule has 2 aliphatic heterocycles. The van der Waals surface area contributed by atoms with Gasteiger partial charge in [0.15, 0.2) is 30.0 Å². The molecule has 2 aromatic carbocycles. The summed E-state index contributed by atoms with van der Waals surface area (Å²) in [6, 6.07) is 5.57. The lowest BCUT2D eigenvalue weighted by molar-refractivity contribution is -0.311. The van der Waals surface area contributed by atoms with Crippen LogP contribution in [0.2, 0.25) is 0 Å². The predicted octanol–water partition coefficient (Wildman–Crippen LogP) is -0.990. The van der Waals surface area contributed by atoms with Crippen LogP contribution in [-0.4, -0.2) is 90.1 Å². The van der Waals surface area contributed by atoms with E-state index in [4.69, 9.17) is 14.2 Å². The number of hydrogen-bond donors (Lipinski definition) is 8. The number of phenols is 4. The Morgan fingerprint density at radius 3 is 2.27 bits per heavy atom. The minimum absolute atomic E-state index is 0.140. The van der Waals surface area contributed by atoms with Crippen molar-refractivity contribution in [2.75, 3.05) is 6.61 Å². The number of carbonyl (C=O) groups is 1. The Kier molecular flexibility index (Phi) is 6.05. The first-order chi connectivity index (χ1) is 15.6. The molecule has 33 heavy (non-hydrogen) atoms. The first-order valence-electron chi connectivity index (χ1n) is 9.87. The molecule has 8 N–H and O–H groups in total. The van der Waals surface area contributed by atoms with E-state index in [0.29, 0.717) is 0 Å². The number of benzene rings is 2. The van der Waals surface area contributed by atoms with Gasteiger partial charge in [0, 0.05) is 12.1 Å². The number of Topliss-reactive ketones (excluding diaryl/α,β-unsaturated/α-hetero) is 1. The van der Waals surface area contributed by atoms with E-state index >= 15 is 0 Å². The Hall–Kier alpha value is -3.13. The summed E-state index contributed by atoms with van der Waals surface area (Å²) in [6.07, 6.45) is -11.2. The second kappa shape index (κ2) is 8.67. The third-order valence-corrected chi connectivity index (χ3v) is 5.56. The van der Waals surface area contributed by atoms with Gasteiger partial charge in [-0.1, -0.05) is 6.07 Å². The number of ether oxygens (including phenoxy) is 3. The third-order valence-electron chi connectivity index (χ3n) is 5.56. The standard InChI is InChI=1S/C21H22O12/c22-6-13-15(27)17(29)18(30)21(32-13)33-20-16(28)14-11(26)4-8(23)5-12(14)31-19(20)7-1-2-9(24)10(25)3-7/h1-5,13,15,17-27,29-30H,6H2/t13-,15-,17+,18-,19-,20-,21+/m1/s1. The van der Waals surface area contributed by atoms with E-state index in [1.165, 1.54) is 6.07 Å². The molecule has 2 aliphatic rings. The molecule has 0 radical (unpaired) electrons. The Morgan fingerprint density at radius 2 is 1.61 bits per heavy atom. The molecule has 1 fully saturated rings. The fourth-order valence-electron chi connectivity index (χ4n) is 3.82. The van der Waals surface area contributed by atoms with E-state index in [1.54, 1.807) is 0 Å². The summed E-state index contributed by atoms with van der Waals surface area (Å²) in [5.41, 5.74) is -0.191. The minimum atomic E-state index is -1.82. The number of fused-ring (bicyclic) bond motifs is 1. The summed E-state index contributed by atoms with van der Waals surface area (Å²) in [7, 11) is 0. The lowest BCUT2D eigenvalue weighted by Gasteiger charge is -2.42. The highest BCUT2D eigenvalue weighted by Crippen LogP contribution is 2.44. The second-order valence-corrected chi connectivity index (χ2v) is 7.74. The van der Waals surface area contributed by atoms with Crippen molar-refractivity contribution in [1.29, 1.82) is 0 Å². The van der Waals surface area contributed by atoms with Gasteiger partial charge in [-0.05, 0) is 17.7 Å². The van der Waals surface area contributed by atoms with Crippen molar-refractivity contribution in [3.05, 3.63) is 41.5 Å². The number of rotatable bonds is 4. The average Bonchev–Trinajstić information content (AvgIpc) is 2.76. The van der Waals surface area contributed by atoms with E-state index < -0.39 is 72.6 Å². The monoisotopic (exact) mass is 466 g/mol. The average molecular weight is 466 g/mol. The molecular formula is C21H22O12. The van der Waals surface area contributed by atoms with Gasteiger partial charge in [0.25, 0.3) is 0 Å². The van der Waals surface area contributed by atoms with Crippen molar-refractivity contribution in [3.63, 3.8) is 0 Å². The van der Waals surface area contributed by atoms with E-state index in [1.807, 2.05) is 0 Å². The summed E-state index contributed by atoms with van der Waals surface area (Å²) in [6.45, 7) is -0.724. The highest BCUT2D eigenvalue weighted by molar-refractivity contribution is 6.05. The molecule has 7 atom stereocenters. The van der Waals surface area contributed by atoms with Crippen molar-refractivity contribution in [3.8, 4) is 28.7 Å². The molecule has 2 aromatic rings. The molecule has 0 bridgehead atoms. The van der Waals surface area contributed by atoms with Crippen molar-refractivity contribution >= 4 is 5.78 Å². The van der Waals surface area contributed by atoms with Crippen LogP contribution in [0.5, 0.6) is 28.7 Å². The van der Waals surface area contributed by atoms with Gasteiger partial charge in [0.2, 0.25) is 5.78 Å². The van der Waals surface area contributed by atoms with Gasteiger partial charge in [-0.15, -0.1) is 0 Å². The fourth-order valence-corrected chi connectivity index (χ4v) is 3.82. The Labute approximate surface area is 186 Å². The Balaban J connectivity index is 1.75. The maximum atomic E-state index is 13.3. The first kappa shape index (κ1) is 23.0. The minimum Gasteiger partial charge on any atom is -0.508 e. The molecule has 0 aromatic heterocycles. The summed E-state index contributed by atoms with van der Waals surface area (Å²) in [4.78, 5) is 13.3. The van der Waals surface area contributed by atoms with Crippen LogP contribution in [0, 0.1) is 0 Å². The zero-order valence-electron chi connectivity index (χ0n) is 16.8. The smallest absolute Gasteiger partial charge is 0.203 e. The normalized spacial score (nSPS) is 31.6. The molecule has 0 saturated carbocycles. The van der Waals surface area contributed by atoms with Crippen molar-refractivity contribution in [2.24, 2.45) is 0 Å². The molecule has 2 heterocycles. The number of aromatic hydroxyl groups is 4. The van der Waals surface area contributed by atoms with Crippen LogP contribution in [0.3, 0.4) is 0 Å². The second-order valence-electron chi connectivity index (χ2n) is 7.74. The highest BCUT2D eigenvalue weighted by atomic mass is 16.7. The van der Waals surface area contributed by atoms with Crippen LogP contribution in [0.4, 0.5) is 0 Å². The lowest BCUT2D eigenvalue weighted by atomic mass is 9.92. The Morgan fingerprint density at radius 1 is 0.879 bits per heavy atom. The maximum Gasteiger partial charge on any atom is 0.203 e. The van der Waals surface area contributed by atoms with E-state index in [9.17, 15) is 45.6 Å². The quantitative estimate of drug-likeness (QED) is 0.256. The van der Waals surface area contributed by atoms with Gasteiger partial charge in [0.1, 0.15) is 47.2 Å². The molecule has 0 spiro atoms. The predicted molar refractivity (Wildman–Crippen MR) is 106 cm³/mol. The van der Waals surface area contributed by atoms with E-state index in [2.05, 4.69) is 0 Å². The number of aliphatic hydroxyl groups excluding tert-OH is 4. The van der Waals surface area contributed by atoms with Crippen LogP contribution in [0.25, 0.3) is 0 Å². The van der Waals surface area contributed by atoms with Crippen molar-refractivity contribution < 1.29 is 59.9 Å². The fraction of sp³-hybridized carbons (Fsp3) is 0.381. The van der Waals surface area contributed by atoms with Gasteiger partial charge in [-0.2, -0.15) is 0 Å². The molecule has 4 rings (SSSR count). The van der Waals surface area contributed by atoms with Gasteiger partial charge in [-0.3, -0.25) is 4.79 Å². The molecule has 0 aliphatic carbocycles. The molecule has 1 saturated heterocycles. The zero-order chi connectivity index (χ0) is 24.0.